The average molecular weight is 383 g/mol. The van der Waals surface area contributed by atoms with E-state index in [0.29, 0.717) is 11.8 Å². The van der Waals surface area contributed by atoms with Crippen molar-refractivity contribution in [2.24, 2.45) is 0 Å². The van der Waals surface area contributed by atoms with Gasteiger partial charge in [0.05, 0.1) is 12.2 Å². The first kappa shape index (κ1) is 18.1. The monoisotopic (exact) mass is 383 g/mol. The Balaban J connectivity index is 1.17. The Bertz CT molecular complexity index is 856. The summed E-state index contributed by atoms with van der Waals surface area (Å²) in [6.07, 6.45) is 7.96. The van der Waals surface area contributed by atoms with Crippen LogP contribution in [0.4, 0.5) is 0 Å². The van der Waals surface area contributed by atoms with Crippen LogP contribution in [0, 0.1) is 0 Å². The van der Waals surface area contributed by atoms with Gasteiger partial charge in [0.2, 0.25) is 0 Å². The number of aromatic nitrogens is 2. The molecule has 5 rings (SSSR count). The van der Waals surface area contributed by atoms with E-state index in [-0.39, 0.29) is 11.7 Å². The maximum absolute atomic E-state index is 12.0. The van der Waals surface area contributed by atoms with Crippen LogP contribution in [0.1, 0.15) is 85.9 Å². The lowest BCUT2D eigenvalue weighted by atomic mass is 9.93. The second-order valence-electron chi connectivity index (χ2n) is 8.54. The van der Waals surface area contributed by atoms with Crippen molar-refractivity contribution in [3.8, 4) is 0 Å². The number of likely N-dealkylation sites (tertiary alicyclic amines) is 1. The van der Waals surface area contributed by atoms with Crippen molar-refractivity contribution in [3.63, 3.8) is 0 Å². The normalized spacial score (nSPS) is 24.5. The maximum Gasteiger partial charge on any atom is 0.251 e. The molecule has 2 saturated heterocycles. The van der Waals surface area contributed by atoms with E-state index in [2.05, 4.69) is 22.0 Å². The predicted molar refractivity (Wildman–Crippen MR) is 105 cm³/mol. The van der Waals surface area contributed by atoms with E-state index in [1.807, 2.05) is 0 Å². The molecule has 2 aliphatic heterocycles. The molecule has 0 aromatic carbocycles. The molecule has 4 heterocycles. The molecule has 1 aliphatic carbocycles. The molecular weight excluding hydrogens is 354 g/mol. The summed E-state index contributed by atoms with van der Waals surface area (Å²) in [5.74, 6) is 3.77. The first-order valence-corrected chi connectivity index (χ1v) is 10.8. The zero-order valence-electron chi connectivity index (χ0n) is 16.4. The quantitative estimate of drug-likeness (QED) is 0.849. The zero-order chi connectivity index (χ0) is 18.9. The highest BCUT2D eigenvalue weighted by molar-refractivity contribution is 5.15. The van der Waals surface area contributed by atoms with Crippen molar-refractivity contribution < 1.29 is 9.15 Å². The fourth-order valence-corrected chi connectivity index (χ4v) is 4.48. The number of rotatable bonds is 5. The number of hydrogen-bond donors (Lipinski definition) is 1. The lowest BCUT2D eigenvalue weighted by Crippen LogP contribution is -2.33. The van der Waals surface area contributed by atoms with Crippen LogP contribution in [0.5, 0.6) is 0 Å². The van der Waals surface area contributed by atoms with E-state index in [0.717, 1.165) is 87.8 Å². The molecule has 28 heavy (non-hydrogen) atoms. The molecule has 6 nitrogen and oxygen atoms in total. The summed E-state index contributed by atoms with van der Waals surface area (Å²) in [5, 5.41) is 0. The number of nitrogens with zero attached hydrogens (tertiary/aromatic N) is 2. The van der Waals surface area contributed by atoms with Gasteiger partial charge in [-0.15, -0.1) is 0 Å². The molecule has 0 spiro atoms. The minimum absolute atomic E-state index is 0.00220. The van der Waals surface area contributed by atoms with Crippen molar-refractivity contribution in [2.45, 2.75) is 69.4 Å². The van der Waals surface area contributed by atoms with E-state index in [1.165, 1.54) is 6.42 Å². The Labute approximate surface area is 165 Å². The second kappa shape index (κ2) is 7.84. The fourth-order valence-electron chi connectivity index (χ4n) is 4.48. The average Bonchev–Trinajstić information content (AvgIpc) is 3.48. The van der Waals surface area contributed by atoms with Crippen LogP contribution in [0.3, 0.4) is 0 Å². The van der Waals surface area contributed by atoms with Gasteiger partial charge in [0.1, 0.15) is 23.4 Å². The van der Waals surface area contributed by atoms with Gasteiger partial charge in [-0.3, -0.25) is 9.69 Å². The van der Waals surface area contributed by atoms with E-state index in [1.54, 1.807) is 6.07 Å². The molecule has 1 saturated carbocycles. The summed E-state index contributed by atoms with van der Waals surface area (Å²) < 4.78 is 11.9. The first-order valence-electron chi connectivity index (χ1n) is 10.8. The van der Waals surface area contributed by atoms with Gasteiger partial charge in [-0.2, -0.15) is 0 Å². The lowest BCUT2D eigenvalue weighted by Gasteiger charge is -2.31. The lowest BCUT2D eigenvalue weighted by molar-refractivity contribution is 0.000765. The Morgan fingerprint density at radius 1 is 1.07 bits per heavy atom. The molecule has 3 aliphatic rings. The highest BCUT2D eigenvalue weighted by Crippen LogP contribution is 2.38. The Kier molecular flexibility index (Phi) is 5.07. The van der Waals surface area contributed by atoms with Crippen LogP contribution in [-0.4, -0.2) is 34.6 Å². The SMILES string of the molecule is O=c1cc(C2CCN(Cc3ccc([C@@H]4CCCCO4)o3)CC2)nc(C2CC2)[nH]1. The molecule has 2 aromatic rings. The van der Waals surface area contributed by atoms with E-state index in [4.69, 9.17) is 14.1 Å². The number of aromatic amines is 1. The molecule has 150 valence electrons. The molecule has 0 radical (unpaired) electrons. The third kappa shape index (κ3) is 4.08. The molecule has 1 atom stereocenters. The molecule has 0 bridgehead atoms. The summed E-state index contributed by atoms with van der Waals surface area (Å²) in [7, 11) is 0. The van der Waals surface area contributed by atoms with Crippen molar-refractivity contribution >= 4 is 0 Å². The van der Waals surface area contributed by atoms with Crippen LogP contribution in [-0.2, 0) is 11.3 Å². The van der Waals surface area contributed by atoms with Crippen molar-refractivity contribution in [3.05, 3.63) is 51.6 Å². The highest BCUT2D eigenvalue weighted by Gasteiger charge is 2.29. The van der Waals surface area contributed by atoms with Crippen molar-refractivity contribution in [1.29, 1.82) is 0 Å². The minimum atomic E-state index is 0.00220. The van der Waals surface area contributed by atoms with Gasteiger partial charge in [0, 0.05) is 24.5 Å². The Hall–Kier alpha value is -1.92. The first-order chi connectivity index (χ1) is 13.7. The summed E-state index contributed by atoms with van der Waals surface area (Å²) in [6.45, 7) is 3.70. The Morgan fingerprint density at radius 2 is 1.93 bits per heavy atom. The number of furan rings is 1. The number of piperidine rings is 1. The number of ether oxygens (including phenoxy) is 1. The Morgan fingerprint density at radius 3 is 2.68 bits per heavy atom. The topological polar surface area (TPSA) is 71.4 Å². The van der Waals surface area contributed by atoms with Crippen LogP contribution in [0.2, 0.25) is 0 Å². The summed E-state index contributed by atoms with van der Waals surface area (Å²) in [6, 6.07) is 5.88. The predicted octanol–water partition coefficient (Wildman–Crippen LogP) is 3.86. The van der Waals surface area contributed by atoms with Crippen LogP contribution >= 0.6 is 0 Å². The zero-order valence-corrected chi connectivity index (χ0v) is 16.4. The van der Waals surface area contributed by atoms with Gasteiger partial charge >= 0.3 is 0 Å². The minimum Gasteiger partial charge on any atom is -0.462 e. The molecular formula is C22H29N3O3. The van der Waals surface area contributed by atoms with Crippen LogP contribution in [0.15, 0.2) is 27.4 Å². The highest BCUT2D eigenvalue weighted by atomic mass is 16.5. The third-order valence-corrected chi connectivity index (χ3v) is 6.31. The maximum atomic E-state index is 12.0. The number of hydrogen-bond acceptors (Lipinski definition) is 5. The summed E-state index contributed by atoms with van der Waals surface area (Å²) in [5.41, 5.74) is 0.988. The molecule has 1 N–H and O–H groups in total. The molecule has 6 heteroatoms. The van der Waals surface area contributed by atoms with Crippen LogP contribution < -0.4 is 5.56 Å². The van der Waals surface area contributed by atoms with Gasteiger partial charge < -0.3 is 14.1 Å². The summed E-state index contributed by atoms with van der Waals surface area (Å²) in [4.78, 5) is 22.1. The van der Waals surface area contributed by atoms with Gasteiger partial charge in [0.15, 0.2) is 0 Å². The van der Waals surface area contributed by atoms with E-state index < -0.39 is 0 Å². The largest absolute Gasteiger partial charge is 0.462 e. The molecule has 3 fully saturated rings. The standard InChI is InChI=1S/C22H29N3O3/c26-21-13-18(23-22(24-21)16-4-5-16)15-8-10-25(11-9-15)14-17-6-7-20(28-17)19-3-1-2-12-27-19/h6-7,13,15-16,19H,1-5,8-12,14H2,(H,23,24,26)/t19-/m0/s1. The van der Waals surface area contributed by atoms with Gasteiger partial charge in [-0.1, -0.05) is 0 Å². The van der Waals surface area contributed by atoms with E-state index in [9.17, 15) is 4.79 Å². The van der Waals surface area contributed by atoms with Gasteiger partial charge in [-0.25, -0.2) is 4.98 Å². The van der Waals surface area contributed by atoms with E-state index >= 15 is 0 Å². The fraction of sp³-hybridized carbons (Fsp3) is 0.636. The van der Waals surface area contributed by atoms with Gasteiger partial charge in [-0.05, 0) is 70.2 Å². The number of H-pyrrole nitrogens is 1. The molecule has 0 unspecified atom stereocenters. The molecule has 2 aromatic heterocycles. The van der Waals surface area contributed by atoms with Crippen LogP contribution in [0.25, 0.3) is 0 Å². The van der Waals surface area contributed by atoms with Crippen molar-refractivity contribution in [1.82, 2.24) is 14.9 Å². The smallest absolute Gasteiger partial charge is 0.251 e. The molecule has 0 amide bonds. The second-order valence-corrected chi connectivity index (χ2v) is 8.54. The number of nitrogens with one attached hydrogen (secondary N) is 1. The van der Waals surface area contributed by atoms with Gasteiger partial charge in [0.25, 0.3) is 5.56 Å². The van der Waals surface area contributed by atoms with Crippen molar-refractivity contribution in [2.75, 3.05) is 19.7 Å². The summed E-state index contributed by atoms with van der Waals surface area (Å²) >= 11 is 0. The third-order valence-electron chi connectivity index (χ3n) is 6.31.